The third-order valence-corrected chi connectivity index (χ3v) is 2.96. The summed E-state index contributed by atoms with van der Waals surface area (Å²) in [6.07, 6.45) is -3.48. The van der Waals surface area contributed by atoms with Crippen LogP contribution < -0.4 is 0 Å². The number of Topliss-reactive ketones (excluding diaryl/α,β-unsaturated/α-hetero) is 1. The lowest BCUT2D eigenvalue weighted by atomic mass is 9.98. The van der Waals surface area contributed by atoms with Crippen molar-refractivity contribution in [1.82, 2.24) is 4.98 Å². The molecule has 1 aromatic rings. The highest BCUT2D eigenvalue weighted by Gasteiger charge is 2.33. The Balaban J connectivity index is 2.96. The Kier molecular flexibility index (Phi) is 4.73. The highest BCUT2D eigenvalue weighted by atomic mass is 35.5. The second kappa shape index (κ2) is 5.69. The second-order valence-electron chi connectivity index (χ2n) is 4.17. The Morgan fingerprint density at radius 2 is 2.06 bits per heavy atom. The van der Waals surface area contributed by atoms with E-state index in [1.165, 1.54) is 0 Å². The molecule has 0 aliphatic heterocycles. The molecule has 0 fully saturated rings. The number of carbonyl (C=O) groups is 1. The smallest absolute Gasteiger partial charge is 0.294 e. The highest BCUT2D eigenvalue weighted by molar-refractivity contribution is 6.32. The lowest BCUT2D eigenvalue weighted by molar-refractivity contribution is -0.141. The van der Waals surface area contributed by atoms with Crippen molar-refractivity contribution in [3.05, 3.63) is 28.5 Å². The van der Waals surface area contributed by atoms with E-state index < -0.39 is 17.0 Å². The van der Waals surface area contributed by atoms with Crippen LogP contribution in [-0.2, 0) is 6.18 Å². The molecule has 0 aromatic carbocycles. The summed E-state index contributed by atoms with van der Waals surface area (Å²) in [6.45, 7) is 3.83. The molecule has 0 spiro atoms. The molecular formula is C12H13ClF3NO. The lowest BCUT2D eigenvalue weighted by Gasteiger charge is -2.10. The Morgan fingerprint density at radius 1 is 1.44 bits per heavy atom. The zero-order valence-corrected chi connectivity index (χ0v) is 10.8. The Bertz CT molecular complexity index is 445. The van der Waals surface area contributed by atoms with Crippen LogP contribution in [0, 0.1) is 5.92 Å². The number of pyridine rings is 1. The number of hydrogen-bond donors (Lipinski definition) is 0. The minimum atomic E-state index is -4.55. The van der Waals surface area contributed by atoms with Crippen LogP contribution in [0.15, 0.2) is 12.1 Å². The Morgan fingerprint density at radius 3 is 2.50 bits per heavy atom. The first-order valence-electron chi connectivity index (χ1n) is 5.52. The van der Waals surface area contributed by atoms with Crippen molar-refractivity contribution in [3.8, 4) is 0 Å². The Labute approximate surface area is 108 Å². The van der Waals surface area contributed by atoms with E-state index in [0.717, 1.165) is 18.6 Å². The fourth-order valence-electron chi connectivity index (χ4n) is 1.37. The van der Waals surface area contributed by atoms with Gasteiger partial charge in [-0.3, -0.25) is 4.79 Å². The summed E-state index contributed by atoms with van der Waals surface area (Å²) in [5.41, 5.74) is -1.04. The molecule has 0 radical (unpaired) electrons. The zero-order chi connectivity index (χ0) is 13.9. The predicted octanol–water partition coefficient (Wildman–Crippen LogP) is 4.37. The molecule has 1 heterocycles. The van der Waals surface area contributed by atoms with Crippen molar-refractivity contribution in [2.24, 2.45) is 5.92 Å². The van der Waals surface area contributed by atoms with Crippen molar-refractivity contribution >= 4 is 17.4 Å². The fraction of sp³-hybridized carbons (Fsp3) is 0.500. The molecule has 1 aromatic heterocycles. The largest absolute Gasteiger partial charge is 0.433 e. The van der Waals surface area contributed by atoms with E-state index in [4.69, 9.17) is 11.6 Å². The number of carbonyl (C=O) groups excluding carboxylic acids is 1. The minimum Gasteiger partial charge on any atom is -0.294 e. The first-order valence-corrected chi connectivity index (χ1v) is 5.90. The number of rotatable bonds is 4. The normalized spacial score (nSPS) is 13.4. The van der Waals surface area contributed by atoms with Crippen LogP contribution >= 0.6 is 11.6 Å². The van der Waals surface area contributed by atoms with Crippen molar-refractivity contribution in [2.75, 3.05) is 0 Å². The molecule has 0 aliphatic carbocycles. The molecule has 2 nitrogen and oxygen atoms in total. The summed E-state index contributed by atoms with van der Waals surface area (Å²) in [5.74, 6) is -0.119. The van der Waals surface area contributed by atoms with E-state index >= 15 is 0 Å². The van der Waals surface area contributed by atoms with Gasteiger partial charge in [0.1, 0.15) is 10.8 Å². The van der Waals surface area contributed by atoms with Gasteiger partial charge in [-0.15, -0.1) is 0 Å². The van der Waals surface area contributed by atoms with Crippen LogP contribution in [0.4, 0.5) is 13.2 Å². The average Bonchev–Trinajstić information content (AvgIpc) is 2.27. The number of ketones is 1. The maximum atomic E-state index is 12.4. The molecular weight excluding hydrogens is 267 g/mol. The monoisotopic (exact) mass is 279 g/mol. The summed E-state index contributed by atoms with van der Waals surface area (Å²) in [4.78, 5) is 15.0. The number of aromatic nitrogens is 1. The standard InChI is InChI=1S/C12H13ClF3NO/c1-3-7(2)6-9(18)8-4-5-10(12(14,15)16)17-11(8)13/h4-5,7H,3,6H2,1-2H3. The van der Waals surface area contributed by atoms with E-state index in [1.54, 1.807) is 0 Å². The second-order valence-corrected chi connectivity index (χ2v) is 4.53. The summed E-state index contributed by atoms with van der Waals surface area (Å²) < 4.78 is 37.1. The number of nitrogens with zero attached hydrogens (tertiary/aromatic N) is 1. The molecule has 6 heteroatoms. The van der Waals surface area contributed by atoms with Gasteiger partial charge in [0, 0.05) is 6.42 Å². The summed E-state index contributed by atoms with van der Waals surface area (Å²) >= 11 is 5.63. The van der Waals surface area contributed by atoms with E-state index in [2.05, 4.69) is 4.98 Å². The van der Waals surface area contributed by atoms with Gasteiger partial charge in [0.2, 0.25) is 0 Å². The van der Waals surface area contributed by atoms with Gasteiger partial charge < -0.3 is 0 Å². The van der Waals surface area contributed by atoms with Crippen molar-refractivity contribution in [1.29, 1.82) is 0 Å². The van der Waals surface area contributed by atoms with Crippen molar-refractivity contribution in [3.63, 3.8) is 0 Å². The molecule has 0 saturated heterocycles. The third-order valence-electron chi connectivity index (χ3n) is 2.67. The molecule has 100 valence electrons. The highest BCUT2D eigenvalue weighted by Crippen LogP contribution is 2.30. The van der Waals surface area contributed by atoms with E-state index in [1.807, 2.05) is 13.8 Å². The summed E-state index contributed by atoms with van der Waals surface area (Å²) in [6, 6.07) is 1.86. The lowest BCUT2D eigenvalue weighted by Crippen LogP contribution is -2.11. The topological polar surface area (TPSA) is 30.0 Å². The van der Waals surface area contributed by atoms with Crippen molar-refractivity contribution in [2.45, 2.75) is 32.9 Å². The number of halogens is 4. The van der Waals surface area contributed by atoms with Crippen LogP contribution in [0.3, 0.4) is 0 Å². The van der Waals surface area contributed by atoms with Gasteiger partial charge in [0.05, 0.1) is 5.56 Å². The first kappa shape index (κ1) is 15.0. The number of alkyl halides is 3. The summed E-state index contributed by atoms with van der Waals surface area (Å²) in [5, 5.41) is -0.391. The zero-order valence-electron chi connectivity index (χ0n) is 10.0. The SMILES string of the molecule is CCC(C)CC(=O)c1ccc(C(F)(F)F)nc1Cl. The molecule has 0 bridgehead atoms. The van der Waals surface area contributed by atoms with Crippen LogP contribution in [0.1, 0.15) is 42.7 Å². The average molecular weight is 280 g/mol. The van der Waals surface area contributed by atoms with Crippen LogP contribution in [0.25, 0.3) is 0 Å². The van der Waals surface area contributed by atoms with Gasteiger partial charge in [-0.1, -0.05) is 31.9 Å². The molecule has 18 heavy (non-hydrogen) atoms. The van der Waals surface area contributed by atoms with Gasteiger partial charge in [0.25, 0.3) is 0 Å². The van der Waals surface area contributed by atoms with Gasteiger partial charge in [0.15, 0.2) is 5.78 Å². The maximum Gasteiger partial charge on any atom is 0.433 e. The van der Waals surface area contributed by atoms with Crippen molar-refractivity contribution < 1.29 is 18.0 Å². The first-order chi connectivity index (χ1) is 8.25. The van der Waals surface area contributed by atoms with Gasteiger partial charge >= 0.3 is 6.18 Å². The third kappa shape index (κ3) is 3.70. The van der Waals surface area contributed by atoms with E-state index in [9.17, 15) is 18.0 Å². The van der Waals surface area contributed by atoms with E-state index in [-0.39, 0.29) is 23.7 Å². The molecule has 1 unspecified atom stereocenters. The van der Waals surface area contributed by atoms with Gasteiger partial charge in [-0.05, 0) is 18.1 Å². The van der Waals surface area contributed by atoms with Crippen LogP contribution in [0.5, 0.6) is 0 Å². The molecule has 1 rings (SSSR count). The molecule has 0 aliphatic rings. The molecule has 0 amide bonds. The molecule has 1 atom stereocenters. The Hall–Kier alpha value is -1.10. The summed E-state index contributed by atoms with van der Waals surface area (Å²) in [7, 11) is 0. The van der Waals surface area contributed by atoms with Gasteiger partial charge in [-0.25, -0.2) is 4.98 Å². The number of hydrogen-bond acceptors (Lipinski definition) is 2. The minimum absolute atomic E-state index is 0.0463. The maximum absolute atomic E-state index is 12.4. The quantitative estimate of drug-likeness (QED) is 0.605. The van der Waals surface area contributed by atoms with Gasteiger partial charge in [-0.2, -0.15) is 13.2 Å². The van der Waals surface area contributed by atoms with Crippen LogP contribution in [-0.4, -0.2) is 10.8 Å². The van der Waals surface area contributed by atoms with E-state index in [0.29, 0.717) is 0 Å². The van der Waals surface area contributed by atoms with Crippen LogP contribution in [0.2, 0.25) is 5.15 Å². The predicted molar refractivity (Wildman–Crippen MR) is 62.7 cm³/mol. The fourth-order valence-corrected chi connectivity index (χ4v) is 1.63. The molecule has 0 saturated carbocycles. The molecule has 0 N–H and O–H groups in total.